The third-order valence-corrected chi connectivity index (χ3v) is 3.52. The van der Waals surface area contributed by atoms with Gasteiger partial charge in [-0.25, -0.2) is 0 Å². The van der Waals surface area contributed by atoms with E-state index < -0.39 is 0 Å². The number of halogens is 1. The van der Waals surface area contributed by atoms with Crippen LogP contribution in [0.15, 0.2) is 24.3 Å². The van der Waals surface area contributed by atoms with Gasteiger partial charge < -0.3 is 20.1 Å². The largest absolute Gasteiger partial charge is 0.394 e. The van der Waals surface area contributed by atoms with E-state index in [1.165, 1.54) is 4.90 Å². The third kappa shape index (κ3) is 4.17. The Morgan fingerprint density at radius 1 is 1.38 bits per heavy atom. The van der Waals surface area contributed by atoms with E-state index in [2.05, 4.69) is 5.32 Å². The fourth-order valence-electron chi connectivity index (χ4n) is 2.10. The molecule has 1 unspecified atom stereocenters. The standard InChI is InChI=1S/C14H17ClN2O4/c15-11-3-1-10(2-4-11)14(20)16-7-13(19)17-5-6-21-9-12(17)8-18/h1-4,12,18H,5-9H2,(H,16,20). The number of aliphatic hydroxyl groups excluding tert-OH is 1. The minimum atomic E-state index is -0.348. The zero-order valence-electron chi connectivity index (χ0n) is 11.4. The van der Waals surface area contributed by atoms with E-state index in [9.17, 15) is 14.7 Å². The number of rotatable bonds is 4. The van der Waals surface area contributed by atoms with Crippen LogP contribution >= 0.6 is 11.6 Å². The molecule has 1 aliphatic rings. The van der Waals surface area contributed by atoms with Crippen molar-refractivity contribution in [3.63, 3.8) is 0 Å². The molecule has 0 saturated carbocycles. The van der Waals surface area contributed by atoms with Crippen LogP contribution in [0.3, 0.4) is 0 Å². The number of aliphatic hydroxyl groups is 1. The maximum Gasteiger partial charge on any atom is 0.251 e. The summed E-state index contributed by atoms with van der Waals surface area (Å²) in [6.45, 7) is 0.899. The van der Waals surface area contributed by atoms with Crippen molar-refractivity contribution in [2.24, 2.45) is 0 Å². The molecular formula is C14H17ClN2O4. The molecule has 1 aromatic rings. The quantitative estimate of drug-likeness (QED) is 0.837. The van der Waals surface area contributed by atoms with Gasteiger partial charge in [0.15, 0.2) is 0 Å². The smallest absolute Gasteiger partial charge is 0.251 e. The lowest BCUT2D eigenvalue weighted by Crippen LogP contribution is -2.53. The molecule has 0 radical (unpaired) electrons. The van der Waals surface area contributed by atoms with Crippen LogP contribution in [-0.2, 0) is 9.53 Å². The molecule has 2 N–H and O–H groups in total. The summed E-state index contributed by atoms with van der Waals surface area (Å²) in [6.07, 6.45) is 0. The van der Waals surface area contributed by atoms with E-state index in [1.807, 2.05) is 0 Å². The number of amides is 2. The van der Waals surface area contributed by atoms with Crippen molar-refractivity contribution in [2.45, 2.75) is 6.04 Å². The van der Waals surface area contributed by atoms with Crippen molar-refractivity contribution in [3.8, 4) is 0 Å². The van der Waals surface area contributed by atoms with Gasteiger partial charge in [-0.2, -0.15) is 0 Å². The molecule has 0 spiro atoms. The number of nitrogens with one attached hydrogen (secondary N) is 1. The van der Waals surface area contributed by atoms with Gasteiger partial charge in [-0.1, -0.05) is 11.6 Å². The van der Waals surface area contributed by atoms with Gasteiger partial charge in [-0.3, -0.25) is 9.59 Å². The summed E-state index contributed by atoms with van der Waals surface area (Å²) in [5.41, 5.74) is 0.438. The maximum absolute atomic E-state index is 12.1. The highest BCUT2D eigenvalue weighted by atomic mass is 35.5. The van der Waals surface area contributed by atoms with E-state index in [4.69, 9.17) is 16.3 Å². The molecule has 0 aromatic heterocycles. The van der Waals surface area contributed by atoms with Crippen molar-refractivity contribution >= 4 is 23.4 Å². The predicted octanol–water partition coefficient (Wildman–Crippen LogP) is 0.290. The lowest BCUT2D eigenvalue weighted by Gasteiger charge is -2.34. The molecule has 6 nitrogen and oxygen atoms in total. The van der Waals surface area contributed by atoms with Gasteiger partial charge in [-0.05, 0) is 24.3 Å². The van der Waals surface area contributed by atoms with Gasteiger partial charge in [0.1, 0.15) is 0 Å². The zero-order chi connectivity index (χ0) is 15.2. The number of hydrogen-bond acceptors (Lipinski definition) is 4. The molecule has 1 atom stereocenters. The topological polar surface area (TPSA) is 78.9 Å². The van der Waals surface area contributed by atoms with Crippen LogP contribution in [0.4, 0.5) is 0 Å². The Labute approximate surface area is 127 Å². The lowest BCUT2D eigenvalue weighted by molar-refractivity contribution is -0.140. The highest BCUT2D eigenvalue weighted by Gasteiger charge is 2.26. The zero-order valence-corrected chi connectivity index (χ0v) is 12.2. The highest BCUT2D eigenvalue weighted by Crippen LogP contribution is 2.09. The first-order valence-electron chi connectivity index (χ1n) is 6.63. The second kappa shape index (κ2) is 7.40. The summed E-state index contributed by atoms with van der Waals surface area (Å²) >= 11 is 5.75. The van der Waals surface area contributed by atoms with Crippen molar-refractivity contribution in [1.82, 2.24) is 10.2 Å². The minimum absolute atomic E-state index is 0.113. The van der Waals surface area contributed by atoms with Gasteiger partial charge in [0.2, 0.25) is 5.91 Å². The van der Waals surface area contributed by atoms with E-state index in [0.29, 0.717) is 30.3 Å². The van der Waals surface area contributed by atoms with Gasteiger partial charge in [0.25, 0.3) is 5.91 Å². The molecule has 114 valence electrons. The van der Waals surface area contributed by atoms with Gasteiger partial charge in [0, 0.05) is 17.1 Å². The Morgan fingerprint density at radius 2 is 2.10 bits per heavy atom. The first kappa shape index (κ1) is 15.8. The van der Waals surface area contributed by atoms with E-state index in [-0.39, 0.29) is 31.0 Å². The van der Waals surface area contributed by atoms with Crippen molar-refractivity contribution in [3.05, 3.63) is 34.9 Å². The third-order valence-electron chi connectivity index (χ3n) is 3.27. The highest BCUT2D eigenvalue weighted by molar-refractivity contribution is 6.30. The molecule has 21 heavy (non-hydrogen) atoms. The van der Waals surface area contributed by atoms with E-state index in [1.54, 1.807) is 24.3 Å². The second-order valence-electron chi connectivity index (χ2n) is 4.69. The monoisotopic (exact) mass is 312 g/mol. The van der Waals surface area contributed by atoms with E-state index >= 15 is 0 Å². The first-order valence-corrected chi connectivity index (χ1v) is 7.01. The van der Waals surface area contributed by atoms with Crippen LogP contribution in [0.2, 0.25) is 5.02 Å². The Kier molecular flexibility index (Phi) is 5.55. The molecule has 2 rings (SSSR count). The molecule has 0 bridgehead atoms. The van der Waals surface area contributed by atoms with Gasteiger partial charge in [0.05, 0.1) is 32.4 Å². The molecule has 1 aromatic carbocycles. The van der Waals surface area contributed by atoms with Crippen molar-refractivity contribution < 1.29 is 19.4 Å². The molecular weight excluding hydrogens is 296 g/mol. The fourth-order valence-corrected chi connectivity index (χ4v) is 2.22. The molecule has 7 heteroatoms. The number of ether oxygens (including phenoxy) is 1. The minimum Gasteiger partial charge on any atom is -0.394 e. The van der Waals surface area contributed by atoms with Crippen LogP contribution in [0, 0.1) is 0 Å². The van der Waals surface area contributed by atoms with Crippen LogP contribution in [0.25, 0.3) is 0 Å². The van der Waals surface area contributed by atoms with Crippen LogP contribution in [-0.4, -0.2) is 60.8 Å². The predicted molar refractivity (Wildman–Crippen MR) is 77.2 cm³/mol. The average Bonchev–Trinajstić information content (AvgIpc) is 2.52. The summed E-state index contributed by atoms with van der Waals surface area (Å²) in [5, 5.41) is 12.3. The maximum atomic E-state index is 12.1. The molecule has 1 heterocycles. The summed E-state index contributed by atoms with van der Waals surface area (Å²) in [6, 6.07) is 6.06. The average molecular weight is 313 g/mol. The Hall–Kier alpha value is -1.63. The van der Waals surface area contributed by atoms with Gasteiger partial charge in [-0.15, -0.1) is 0 Å². The van der Waals surface area contributed by atoms with Crippen LogP contribution in [0.5, 0.6) is 0 Å². The molecule has 1 saturated heterocycles. The fraction of sp³-hybridized carbons (Fsp3) is 0.429. The number of morpholine rings is 1. The summed E-state index contributed by atoms with van der Waals surface area (Å²) in [4.78, 5) is 25.5. The molecule has 1 aliphatic heterocycles. The second-order valence-corrected chi connectivity index (χ2v) is 5.12. The number of benzene rings is 1. The molecule has 0 aliphatic carbocycles. The van der Waals surface area contributed by atoms with Crippen LogP contribution < -0.4 is 5.32 Å². The van der Waals surface area contributed by atoms with Crippen LogP contribution in [0.1, 0.15) is 10.4 Å². The summed E-state index contributed by atoms with van der Waals surface area (Å²) < 4.78 is 5.21. The van der Waals surface area contributed by atoms with Crippen molar-refractivity contribution in [1.29, 1.82) is 0 Å². The number of hydrogen-bond donors (Lipinski definition) is 2. The number of carbonyl (C=O) groups is 2. The lowest BCUT2D eigenvalue weighted by atomic mass is 10.2. The SMILES string of the molecule is O=C(NCC(=O)N1CCOCC1CO)c1ccc(Cl)cc1. The number of carbonyl (C=O) groups excluding carboxylic acids is 2. The Morgan fingerprint density at radius 3 is 2.76 bits per heavy atom. The summed E-state index contributed by atoms with van der Waals surface area (Å²) in [7, 11) is 0. The molecule has 2 amide bonds. The normalized spacial score (nSPS) is 18.4. The molecule has 1 fully saturated rings. The Bertz CT molecular complexity index is 506. The van der Waals surface area contributed by atoms with E-state index in [0.717, 1.165) is 0 Å². The summed E-state index contributed by atoms with van der Waals surface area (Å²) in [5.74, 6) is -0.575. The first-order chi connectivity index (χ1) is 10.1. The number of nitrogens with zero attached hydrogens (tertiary/aromatic N) is 1. The Balaban J connectivity index is 1.88. The van der Waals surface area contributed by atoms with Crippen molar-refractivity contribution in [2.75, 3.05) is 32.9 Å². The van der Waals surface area contributed by atoms with Gasteiger partial charge >= 0.3 is 0 Å².